The highest BCUT2D eigenvalue weighted by Gasteiger charge is 2.18. The number of pyridine rings is 1. The number of carbonyl (C=O) groups excluding carboxylic acids is 1. The predicted molar refractivity (Wildman–Crippen MR) is 60.8 cm³/mol. The molecular formula is C10H13N3O4. The van der Waals surface area contributed by atoms with Crippen LogP contribution in [-0.2, 0) is 9.53 Å². The van der Waals surface area contributed by atoms with Crippen LogP contribution in [-0.4, -0.2) is 36.1 Å². The van der Waals surface area contributed by atoms with Crippen molar-refractivity contribution in [2.45, 2.75) is 6.92 Å². The summed E-state index contributed by atoms with van der Waals surface area (Å²) in [7, 11) is 1.58. The number of rotatable bonds is 5. The molecule has 7 nitrogen and oxygen atoms in total. The van der Waals surface area contributed by atoms with E-state index in [0.717, 1.165) is 6.20 Å². The minimum atomic E-state index is -0.538. The molecular weight excluding hydrogens is 226 g/mol. The second kappa shape index (κ2) is 5.78. The Morgan fingerprint density at radius 2 is 2.35 bits per heavy atom. The molecule has 1 rings (SSSR count). The first-order valence-electron chi connectivity index (χ1n) is 5.01. The molecule has 0 N–H and O–H groups in total. The number of nitro groups is 1. The van der Waals surface area contributed by atoms with Crippen molar-refractivity contribution in [1.29, 1.82) is 0 Å². The van der Waals surface area contributed by atoms with Crippen LogP contribution in [0.4, 0.5) is 11.4 Å². The summed E-state index contributed by atoms with van der Waals surface area (Å²) < 4.78 is 4.77. The van der Waals surface area contributed by atoms with E-state index in [2.05, 4.69) is 4.98 Å². The Balaban J connectivity index is 2.85. The number of esters is 1. The molecule has 92 valence electrons. The molecule has 17 heavy (non-hydrogen) atoms. The van der Waals surface area contributed by atoms with Gasteiger partial charge in [0.2, 0.25) is 0 Å². The van der Waals surface area contributed by atoms with Gasteiger partial charge >= 0.3 is 11.7 Å². The molecule has 0 spiro atoms. The number of carbonyl (C=O) groups is 1. The van der Waals surface area contributed by atoms with E-state index < -0.39 is 10.9 Å². The van der Waals surface area contributed by atoms with Crippen molar-refractivity contribution in [3.05, 3.63) is 28.6 Å². The van der Waals surface area contributed by atoms with Gasteiger partial charge < -0.3 is 9.64 Å². The van der Waals surface area contributed by atoms with Crippen LogP contribution in [0.3, 0.4) is 0 Å². The zero-order valence-electron chi connectivity index (χ0n) is 9.62. The third-order valence-electron chi connectivity index (χ3n) is 2.06. The number of anilines is 1. The maximum absolute atomic E-state index is 11.3. The monoisotopic (exact) mass is 239 g/mol. The first-order valence-corrected chi connectivity index (χ1v) is 5.01. The van der Waals surface area contributed by atoms with Gasteiger partial charge in [0.05, 0.1) is 11.5 Å². The zero-order chi connectivity index (χ0) is 12.8. The lowest BCUT2D eigenvalue weighted by Crippen LogP contribution is -2.27. The molecule has 0 aromatic carbocycles. The molecule has 0 saturated heterocycles. The van der Waals surface area contributed by atoms with Gasteiger partial charge in [0.1, 0.15) is 18.4 Å². The van der Waals surface area contributed by atoms with Gasteiger partial charge in [-0.1, -0.05) is 0 Å². The highest BCUT2D eigenvalue weighted by molar-refractivity contribution is 5.77. The molecule has 1 aromatic heterocycles. The summed E-state index contributed by atoms with van der Waals surface area (Å²) in [5, 5.41) is 10.8. The van der Waals surface area contributed by atoms with E-state index >= 15 is 0 Å². The molecule has 0 saturated carbocycles. The molecule has 0 unspecified atom stereocenters. The number of ether oxygens (including phenoxy) is 1. The van der Waals surface area contributed by atoms with Gasteiger partial charge in [0, 0.05) is 13.2 Å². The minimum Gasteiger partial charge on any atom is -0.465 e. The molecule has 0 fully saturated rings. The Morgan fingerprint density at radius 3 is 2.94 bits per heavy atom. The molecule has 0 aliphatic rings. The van der Waals surface area contributed by atoms with E-state index in [1.165, 1.54) is 17.2 Å². The van der Waals surface area contributed by atoms with Gasteiger partial charge in [0.25, 0.3) is 0 Å². The zero-order valence-corrected chi connectivity index (χ0v) is 9.62. The molecule has 0 bridgehead atoms. The predicted octanol–water partition coefficient (Wildman–Crippen LogP) is 0.989. The first-order chi connectivity index (χ1) is 8.06. The van der Waals surface area contributed by atoms with Gasteiger partial charge in [-0.15, -0.1) is 0 Å². The Kier molecular flexibility index (Phi) is 4.38. The number of hydrogen-bond acceptors (Lipinski definition) is 6. The average Bonchev–Trinajstić information content (AvgIpc) is 2.29. The molecule has 0 atom stereocenters. The lowest BCUT2D eigenvalue weighted by Gasteiger charge is -2.17. The Hall–Kier alpha value is -2.18. The van der Waals surface area contributed by atoms with Crippen molar-refractivity contribution in [1.82, 2.24) is 4.98 Å². The second-order valence-electron chi connectivity index (χ2n) is 3.28. The van der Waals surface area contributed by atoms with Crippen LogP contribution in [0.1, 0.15) is 6.92 Å². The summed E-state index contributed by atoms with van der Waals surface area (Å²) in [5.74, 6) is -0.430. The standard InChI is InChI=1S/C10H13N3O4/c1-3-17-10(14)7-12(2)8-4-5-11-6-9(8)13(15)16/h4-6H,3,7H2,1-2H3. The SMILES string of the molecule is CCOC(=O)CN(C)c1ccncc1[N+](=O)[O-]. The molecule has 0 aliphatic heterocycles. The van der Waals surface area contributed by atoms with Crippen molar-refractivity contribution < 1.29 is 14.5 Å². The Morgan fingerprint density at radius 1 is 1.65 bits per heavy atom. The van der Waals surface area contributed by atoms with E-state index in [0.29, 0.717) is 5.69 Å². The van der Waals surface area contributed by atoms with Crippen LogP contribution >= 0.6 is 0 Å². The molecule has 7 heteroatoms. The van der Waals surface area contributed by atoms with Crippen molar-refractivity contribution in [2.24, 2.45) is 0 Å². The third-order valence-corrected chi connectivity index (χ3v) is 2.06. The fourth-order valence-electron chi connectivity index (χ4n) is 1.33. The quantitative estimate of drug-likeness (QED) is 0.432. The Labute approximate surface area is 98.2 Å². The molecule has 0 radical (unpaired) electrons. The van der Waals surface area contributed by atoms with Crippen molar-refractivity contribution in [3.63, 3.8) is 0 Å². The smallest absolute Gasteiger partial charge is 0.325 e. The van der Waals surface area contributed by atoms with Crippen LogP contribution in [0.25, 0.3) is 0 Å². The fourth-order valence-corrected chi connectivity index (χ4v) is 1.33. The average molecular weight is 239 g/mol. The molecule has 0 amide bonds. The van der Waals surface area contributed by atoms with E-state index in [-0.39, 0.29) is 18.8 Å². The number of aromatic nitrogens is 1. The summed E-state index contributed by atoms with van der Waals surface area (Å²) in [5.41, 5.74) is 0.192. The number of hydrogen-bond donors (Lipinski definition) is 0. The third kappa shape index (κ3) is 3.40. The maximum atomic E-state index is 11.3. The highest BCUT2D eigenvalue weighted by atomic mass is 16.6. The molecule has 1 aromatic rings. The van der Waals surface area contributed by atoms with Crippen molar-refractivity contribution in [3.8, 4) is 0 Å². The minimum absolute atomic E-state index is 0.0430. The van der Waals surface area contributed by atoms with Gasteiger partial charge in [-0.05, 0) is 13.0 Å². The van der Waals surface area contributed by atoms with E-state index in [1.807, 2.05) is 0 Å². The van der Waals surface area contributed by atoms with E-state index in [9.17, 15) is 14.9 Å². The number of nitrogens with zero attached hydrogens (tertiary/aromatic N) is 3. The van der Waals surface area contributed by atoms with Crippen LogP contribution in [0.2, 0.25) is 0 Å². The summed E-state index contributed by atoms with van der Waals surface area (Å²) in [6.07, 6.45) is 2.58. The van der Waals surface area contributed by atoms with Crippen molar-refractivity contribution in [2.75, 3.05) is 25.1 Å². The van der Waals surface area contributed by atoms with Crippen LogP contribution in [0.15, 0.2) is 18.5 Å². The first kappa shape index (κ1) is 12.9. The van der Waals surface area contributed by atoms with Crippen LogP contribution in [0.5, 0.6) is 0 Å². The van der Waals surface area contributed by atoms with Gasteiger partial charge in [0.15, 0.2) is 0 Å². The lowest BCUT2D eigenvalue weighted by molar-refractivity contribution is -0.384. The fraction of sp³-hybridized carbons (Fsp3) is 0.400. The number of likely N-dealkylation sites (N-methyl/N-ethyl adjacent to an activating group) is 1. The summed E-state index contributed by atoms with van der Waals surface area (Å²) in [6.45, 7) is 1.94. The van der Waals surface area contributed by atoms with Gasteiger partial charge in [-0.2, -0.15) is 0 Å². The Bertz CT molecular complexity index is 422. The second-order valence-corrected chi connectivity index (χ2v) is 3.28. The van der Waals surface area contributed by atoms with E-state index in [4.69, 9.17) is 4.74 Å². The van der Waals surface area contributed by atoms with Crippen molar-refractivity contribution >= 4 is 17.3 Å². The maximum Gasteiger partial charge on any atom is 0.325 e. The van der Waals surface area contributed by atoms with E-state index in [1.54, 1.807) is 14.0 Å². The topological polar surface area (TPSA) is 85.6 Å². The van der Waals surface area contributed by atoms with Gasteiger partial charge in [-0.25, -0.2) is 0 Å². The van der Waals surface area contributed by atoms with Gasteiger partial charge in [-0.3, -0.25) is 19.9 Å². The molecule has 1 heterocycles. The summed E-state index contributed by atoms with van der Waals surface area (Å²) in [6, 6.07) is 1.48. The van der Waals surface area contributed by atoms with Crippen LogP contribution < -0.4 is 4.90 Å². The lowest BCUT2D eigenvalue weighted by atomic mass is 10.3. The summed E-state index contributed by atoms with van der Waals surface area (Å²) in [4.78, 5) is 26.6. The highest BCUT2D eigenvalue weighted by Crippen LogP contribution is 2.25. The van der Waals surface area contributed by atoms with Crippen LogP contribution in [0, 0.1) is 10.1 Å². The largest absolute Gasteiger partial charge is 0.465 e. The normalized spacial score (nSPS) is 9.76. The molecule has 0 aliphatic carbocycles. The summed E-state index contributed by atoms with van der Waals surface area (Å²) >= 11 is 0.